The fourth-order valence-corrected chi connectivity index (χ4v) is 3.74. The van der Waals surface area contributed by atoms with Gasteiger partial charge in [-0.1, -0.05) is 0 Å². The van der Waals surface area contributed by atoms with Crippen LogP contribution in [0.5, 0.6) is 5.75 Å². The molecular formula is C19H24N4O3. The second-order valence-electron chi connectivity index (χ2n) is 6.83. The van der Waals surface area contributed by atoms with Crippen molar-refractivity contribution in [1.82, 2.24) is 19.4 Å². The van der Waals surface area contributed by atoms with Crippen molar-refractivity contribution in [2.75, 3.05) is 19.8 Å². The number of carbonyl (C=O) groups is 1. The van der Waals surface area contributed by atoms with Crippen LogP contribution >= 0.6 is 0 Å². The van der Waals surface area contributed by atoms with Crippen LogP contribution in [-0.2, 0) is 22.7 Å². The number of rotatable bonds is 4. The highest BCUT2D eigenvalue weighted by atomic mass is 16.5. The minimum absolute atomic E-state index is 0.0220. The molecule has 1 amide bonds. The highest BCUT2D eigenvalue weighted by Gasteiger charge is 2.34. The zero-order chi connectivity index (χ0) is 17.9. The third kappa shape index (κ3) is 3.31. The van der Waals surface area contributed by atoms with Crippen LogP contribution in [0.25, 0.3) is 0 Å². The zero-order valence-corrected chi connectivity index (χ0v) is 15.0. The highest BCUT2D eigenvalue weighted by molar-refractivity contribution is 5.79. The predicted octanol–water partition coefficient (Wildman–Crippen LogP) is 2.19. The van der Waals surface area contributed by atoms with Gasteiger partial charge in [0.1, 0.15) is 18.2 Å². The fraction of sp³-hybridized carbons (Fsp3) is 0.526. The van der Waals surface area contributed by atoms with Crippen LogP contribution in [0.3, 0.4) is 0 Å². The van der Waals surface area contributed by atoms with E-state index in [1.54, 1.807) is 12.4 Å². The topological polar surface area (TPSA) is 69.5 Å². The number of hydrogen-bond donors (Lipinski definition) is 0. The average molecular weight is 356 g/mol. The summed E-state index contributed by atoms with van der Waals surface area (Å²) in [6, 6.07) is 3.71. The third-order valence-corrected chi connectivity index (χ3v) is 5.25. The van der Waals surface area contributed by atoms with Crippen LogP contribution in [-0.4, -0.2) is 45.1 Å². The number of nitrogens with zero attached hydrogens (tertiary/aromatic N) is 4. The summed E-state index contributed by atoms with van der Waals surface area (Å²) in [5.41, 5.74) is 1.02. The van der Waals surface area contributed by atoms with Crippen LogP contribution in [0.4, 0.5) is 0 Å². The minimum atomic E-state index is -0.0220. The Hall–Kier alpha value is -2.41. The van der Waals surface area contributed by atoms with E-state index in [1.165, 1.54) is 0 Å². The first kappa shape index (κ1) is 17.0. The Morgan fingerprint density at radius 2 is 2.15 bits per heavy atom. The monoisotopic (exact) mass is 356 g/mol. The lowest BCUT2D eigenvalue weighted by atomic mass is 9.97. The Bertz CT molecular complexity index is 755. The van der Waals surface area contributed by atoms with Gasteiger partial charge in [0, 0.05) is 38.4 Å². The number of fused-ring (bicyclic) bond motifs is 1. The molecule has 2 aliphatic rings. The lowest BCUT2D eigenvalue weighted by Gasteiger charge is -2.37. The summed E-state index contributed by atoms with van der Waals surface area (Å²) in [5, 5.41) is 0. The molecule has 0 radical (unpaired) electrons. The zero-order valence-electron chi connectivity index (χ0n) is 15.0. The standard InChI is InChI=1S/C19H24N4O3/c1-14-18-21-11-16(13-26-17-3-2-6-20-12-17)23(18)8-7-22(14)19(24)15-4-9-25-10-5-15/h2-3,6,11-12,14-15H,4-5,7-10,13H2,1H3. The van der Waals surface area contributed by atoms with E-state index in [0.29, 0.717) is 26.4 Å². The molecule has 0 aliphatic carbocycles. The van der Waals surface area contributed by atoms with Crippen LogP contribution in [0.1, 0.15) is 37.3 Å². The van der Waals surface area contributed by atoms with Gasteiger partial charge in [-0.15, -0.1) is 0 Å². The number of aromatic nitrogens is 3. The molecule has 0 bridgehead atoms. The molecule has 1 saturated heterocycles. The molecule has 0 spiro atoms. The van der Waals surface area contributed by atoms with E-state index in [2.05, 4.69) is 21.5 Å². The SMILES string of the molecule is CC1c2ncc(COc3cccnc3)n2CCN1C(=O)C1CCOCC1. The van der Waals surface area contributed by atoms with Crippen LogP contribution in [0, 0.1) is 5.92 Å². The Balaban J connectivity index is 1.45. The highest BCUT2D eigenvalue weighted by Crippen LogP contribution is 2.29. The number of carbonyl (C=O) groups excluding carboxylic acids is 1. The van der Waals surface area contributed by atoms with Gasteiger partial charge in [0.05, 0.1) is 24.1 Å². The Morgan fingerprint density at radius 1 is 1.31 bits per heavy atom. The summed E-state index contributed by atoms with van der Waals surface area (Å²) in [7, 11) is 0. The fourth-order valence-electron chi connectivity index (χ4n) is 3.74. The van der Waals surface area contributed by atoms with Crippen molar-refractivity contribution in [3.8, 4) is 5.75 Å². The molecule has 138 valence electrons. The lowest BCUT2D eigenvalue weighted by Crippen LogP contribution is -2.45. The molecule has 4 heterocycles. The molecule has 0 aromatic carbocycles. The van der Waals surface area contributed by atoms with Gasteiger partial charge in [-0.3, -0.25) is 9.78 Å². The van der Waals surface area contributed by atoms with Gasteiger partial charge in [0.25, 0.3) is 0 Å². The normalized spacial score (nSPS) is 20.7. The maximum atomic E-state index is 12.9. The summed E-state index contributed by atoms with van der Waals surface area (Å²) in [5.74, 6) is 1.99. The molecule has 1 atom stereocenters. The molecule has 26 heavy (non-hydrogen) atoms. The van der Waals surface area contributed by atoms with Gasteiger partial charge in [-0.2, -0.15) is 0 Å². The number of imidazole rings is 1. The van der Waals surface area contributed by atoms with E-state index < -0.39 is 0 Å². The molecule has 0 saturated carbocycles. The van der Waals surface area contributed by atoms with Gasteiger partial charge in [0.2, 0.25) is 5.91 Å². The quantitative estimate of drug-likeness (QED) is 0.840. The Labute approximate surface area is 152 Å². The average Bonchev–Trinajstić information content (AvgIpc) is 3.12. The van der Waals surface area contributed by atoms with Gasteiger partial charge in [-0.25, -0.2) is 4.98 Å². The maximum Gasteiger partial charge on any atom is 0.226 e. The second kappa shape index (κ2) is 7.45. The van der Waals surface area contributed by atoms with E-state index in [4.69, 9.17) is 9.47 Å². The summed E-state index contributed by atoms with van der Waals surface area (Å²) in [6.45, 7) is 5.33. The summed E-state index contributed by atoms with van der Waals surface area (Å²) >= 11 is 0. The predicted molar refractivity (Wildman–Crippen MR) is 94.5 cm³/mol. The summed E-state index contributed by atoms with van der Waals surface area (Å²) < 4.78 is 13.4. The van der Waals surface area contributed by atoms with Crippen molar-refractivity contribution in [3.63, 3.8) is 0 Å². The van der Waals surface area contributed by atoms with Crippen molar-refractivity contribution in [2.24, 2.45) is 5.92 Å². The smallest absolute Gasteiger partial charge is 0.226 e. The van der Waals surface area contributed by atoms with Crippen LogP contribution < -0.4 is 4.74 Å². The molecule has 4 rings (SSSR count). The number of amides is 1. The Kier molecular flexibility index (Phi) is 4.88. The van der Waals surface area contributed by atoms with Crippen LogP contribution in [0.2, 0.25) is 0 Å². The lowest BCUT2D eigenvalue weighted by molar-refractivity contribution is -0.142. The molecule has 1 unspecified atom stereocenters. The molecule has 7 nitrogen and oxygen atoms in total. The van der Waals surface area contributed by atoms with Gasteiger partial charge >= 0.3 is 0 Å². The van der Waals surface area contributed by atoms with E-state index in [9.17, 15) is 4.79 Å². The minimum Gasteiger partial charge on any atom is -0.486 e. The number of ether oxygens (including phenoxy) is 2. The molecule has 2 aliphatic heterocycles. The van der Waals surface area contributed by atoms with E-state index in [-0.39, 0.29) is 17.9 Å². The van der Waals surface area contributed by atoms with E-state index in [1.807, 2.05) is 23.2 Å². The molecular weight excluding hydrogens is 332 g/mol. The van der Waals surface area contributed by atoms with Gasteiger partial charge < -0.3 is 18.9 Å². The third-order valence-electron chi connectivity index (χ3n) is 5.25. The second-order valence-corrected chi connectivity index (χ2v) is 6.83. The summed E-state index contributed by atoms with van der Waals surface area (Å²) in [6.07, 6.45) is 6.91. The molecule has 2 aromatic rings. The summed E-state index contributed by atoms with van der Waals surface area (Å²) in [4.78, 5) is 23.5. The number of pyridine rings is 1. The molecule has 2 aromatic heterocycles. The molecule has 7 heteroatoms. The van der Waals surface area contributed by atoms with Crippen molar-refractivity contribution in [3.05, 3.63) is 42.2 Å². The first-order valence-corrected chi connectivity index (χ1v) is 9.19. The van der Waals surface area contributed by atoms with E-state index >= 15 is 0 Å². The van der Waals surface area contributed by atoms with Crippen molar-refractivity contribution in [1.29, 1.82) is 0 Å². The van der Waals surface area contributed by atoms with E-state index in [0.717, 1.165) is 36.7 Å². The van der Waals surface area contributed by atoms with Crippen LogP contribution in [0.15, 0.2) is 30.7 Å². The van der Waals surface area contributed by atoms with Crippen molar-refractivity contribution < 1.29 is 14.3 Å². The first-order valence-electron chi connectivity index (χ1n) is 9.19. The largest absolute Gasteiger partial charge is 0.486 e. The Morgan fingerprint density at radius 3 is 2.92 bits per heavy atom. The first-order chi connectivity index (χ1) is 12.7. The van der Waals surface area contributed by atoms with Crippen molar-refractivity contribution >= 4 is 5.91 Å². The maximum absolute atomic E-state index is 12.9. The molecule has 1 fully saturated rings. The van der Waals surface area contributed by atoms with Gasteiger partial charge in [-0.05, 0) is 31.9 Å². The number of hydrogen-bond acceptors (Lipinski definition) is 5. The van der Waals surface area contributed by atoms with Gasteiger partial charge in [0.15, 0.2) is 0 Å². The van der Waals surface area contributed by atoms with Crippen molar-refractivity contribution in [2.45, 2.75) is 39.0 Å². The molecule has 0 N–H and O–H groups in total.